The predicted octanol–water partition coefficient (Wildman–Crippen LogP) is 5.01. The number of hydrogen-bond donors (Lipinski definition) is 1. The van der Waals surface area contributed by atoms with Crippen molar-refractivity contribution < 1.29 is 31.5 Å². The molecule has 3 atom stereocenters. The molecule has 0 spiro atoms. The molecule has 1 aliphatic carbocycles. The van der Waals surface area contributed by atoms with Crippen LogP contribution in [0.5, 0.6) is 0 Å². The third-order valence-electron chi connectivity index (χ3n) is 7.66. The molecule has 0 radical (unpaired) electrons. The number of carbonyl (C=O) groups excluding carboxylic acids is 2. The molecule has 2 aromatic heterocycles. The topological polar surface area (TPSA) is 78.4 Å². The Kier molecular flexibility index (Phi) is 5.81. The molecule has 0 bridgehead atoms. The molecule has 3 unspecified atom stereocenters. The molecule has 202 valence electrons. The maximum atomic E-state index is 15.7. The largest absolute Gasteiger partial charge is 0.355 e. The summed E-state index contributed by atoms with van der Waals surface area (Å²) in [5.74, 6) is -7.23. The molecule has 4 heterocycles. The van der Waals surface area contributed by atoms with Crippen LogP contribution >= 0.6 is 0 Å². The minimum absolute atomic E-state index is 0.000480. The highest BCUT2D eigenvalue weighted by atomic mass is 19.3. The zero-order chi connectivity index (χ0) is 27.6. The van der Waals surface area contributed by atoms with Gasteiger partial charge in [-0.3, -0.25) is 14.6 Å². The van der Waals surface area contributed by atoms with Crippen LogP contribution < -0.4 is 15.1 Å². The van der Waals surface area contributed by atoms with Crippen molar-refractivity contribution in [3.63, 3.8) is 0 Å². The number of carbonyl (C=O) groups is 2. The molecule has 7 nitrogen and oxygen atoms in total. The molecule has 2 amide bonds. The molecular weight excluding hydrogens is 521 g/mol. The zero-order valence-corrected chi connectivity index (χ0v) is 20.5. The number of pyridine rings is 2. The van der Waals surface area contributed by atoms with Crippen LogP contribution in [0.1, 0.15) is 30.5 Å². The second-order valence-corrected chi connectivity index (χ2v) is 10.0. The van der Waals surface area contributed by atoms with Crippen molar-refractivity contribution >= 4 is 29.0 Å². The molecule has 2 aliphatic heterocycles. The molecule has 6 rings (SSSR count). The number of aromatic nitrogens is 2. The summed E-state index contributed by atoms with van der Waals surface area (Å²) in [7, 11) is 0. The average Bonchev–Trinajstić information content (AvgIpc) is 3.23. The second kappa shape index (κ2) is 8.99. The fraction of sp³-hybridized carbons (Fsp3) is 0.333. The summed E-state index contributed by atoms with van der Waals surface area (Å²) < 4.78 is 69.0. The van der Waals surface area contributed by atoms with Gasteiger partial charge in [0.25, 0.3) is 12.3 Å². The Hall–Kier alpha value is -4.09. The molecule has 39 heavy (non-hydrogen) atoms. The maximum Gasteiger partial charge on any atom is 0.263 e. The second-order valence-electron chi connectivity index (χ2n) is 10.0. The van der Waals surface area contributed by atoms with Gasteiger partial charge in [-0.25, -0.2) is 22.5 Å². The summed E-state index contributed by atoms with van der Waals surface area (Å²) in [6.45, 7) is 1.07. The van der Waals surface area contributed by atoms with E-state index < -0.39 is 54.4 Å². The Morgan fingerprint density at radius 2 is 1.85 bits per heavy atom. The van der Waals surface area contributed by atoms with Crippen LogP contribution in [0.15, 0.2) is 48.7 Å². The Bertz CT molecular complexity index is 1470. The number of amides is 2. The number of rotatable bonds is 5. The van der Waals surface area contributed by atoms with E-state index in [2.05, 4.69) is 15.3 Å². The Balaban J connectivity index is 1.36. The fourth-order valence-corrected chi connectivity index (χ4v) is 5.47. The molecule has 1 saturated carbocycles. The number of halogens is 5. The highest BCUT2D eigenvalue weighted by molar-refractivity contribution is 6.09. The van der Waals surface area contributed by atoms with Crippen LogP contribution in [0.3, 0.4) is 0 Å². The van der Waals surface area contributed by atoms with Crippen molar-refractivity contribution in [3.8, 4) is 11.1 Å². The highest BCUT2D eigenvalue weighted by Gasteiger charge is 2.71. The van der Waals surface area contributed by atoms with Gasteiger partial charge in [-0.2, -0.15) is 4.39 Å². The normalized spacial score (nSPS) is 22.7. The molecular formula is C27H22F5N5O2. The van der Waals surface area contributed by atoms with E-state index in [4.69, 9.17) is 0 Å². The van der Waals surface area contributed by atoms with Gasteiger partial charge in [0.05, 0.1) is 34.7 Å². The number of fused-ring (bicyclic) bond motifs is 4. The van der Waals surface area contributed by atoms with Crippen LogP contribution in [0.4, 0.5) is 39.1 Å². The summed E-state index contributed by atoms with van der Waals surface area (Å²) in [6, 6.07) is 9.62. The van der Waals surface area contributed by atoms with Crippen molar-refractivity contribution in [1.82, 2.24) is 9.97 Å². The van der Waals surface area contributed by atoms with Gasteiger partial charge < -0.3 is 15.1 Å². The van der Waals surface area contributed by atoms with E-state index in [1.165, 1.54) is 36.5 Å². The van der Waals surface area contributed by atoms with Crippen molar-refractivity contribution in [2.45, 2.75) is 25.2 Å². The number of nitrogens with one attached hydrogen (secondary N) is 1. The summed E-state index contributed by atoms with van der Waals surface area (Å²) in [5.41, 5.74) is 0.719. The van der Waals surface area contributed by atoms with Crippen molar-refractivity contribution in [3.05, 3.63) is 65.9 Å². The van der Waals surface area contributed by atoms with Crippen LogP contribution in [0, 0.1) is 17.8 Å². The lowest BCUT2D eigenvalue weighted by atomic mass is 9.98. The number of piperidine rings is 1. The molecule has 3 aliphatic rings. The van der Waals surface area contributed by atoms with E-state index in [1.54, 1.807) is 24.0 Å². The SMILES string of the molecule is CC1C(=O)N(CC(=O)Nc2ccc(C(F)F)cc2)c2cc(N3CC4C(C3)C4(F)F)nc(F)c2-c2cccnc21. The Labute approximate surface area is 219 Å². The number of nitrogens with zero attached hydrogens (tertiary/aromatic N) is 4. The van der Waals surface area contributed by atoms with Gasteiger partial charge in [0, 0.05) is 42.2 Å². The summed E-state index contributed by atoms with van der Waals surface area (Å²) in [4.78, 5) is 37.7. The average molecular weight is 543 g/mol. The monoisotopic (exact) mass is 543 g/mol. The highest BCUT2D eigenvalue weighted by Crippen LogP contribution is 2.59. The Morgan fingerprint density at radius 1 is 1.15 bits per heavy atom. The molecule has 3 aromatic rings. The first-order valence-corrected chi connectivity index (χ1v) is 12.3. The first kappa shape index (κ1) is 25.2. The third kappa shape index (κ3) is 4.18. The predicted molar refractivity (Wildman–Crippen MR) is 132 cm³/mol. The van der Waals surface area contributed by atoms with Gasteiger partial charge in [0.1, 0.15) is 12.4 Å². The van der Waals surface area contributed by atoms with Gasteiger partial charge in [0.2, 0.25) is 17.8 Å². The van der Waals surface area contributed by atoms with Gasteiger partial charge in [-0.05, 0) is 25.1 Å². The van der Waals surface area contributed by atoms with Gasteiger partial charge in [-0.15, -0.1) is 0 Å². The summed E-state index contributed by atoms with van der Waals surface area (Å²) in [6.07, 6.45) is -1.19. The lowest BCUT2D eigenvalue weighted by Gasteiger charge is -2.27. The smallest absolute Gasteiger partial charge is 0.263 e. The van der Waals surface area contributed by atoms with Crippen molar-refractivity contribution in [2.75, 3.05) is 34.8 Å². The number of hydrogen-bond acceptors (Lipinski definition) is 5. The molecule has 12 heteroatoms. The number of alkyl halides is 4. The van der Waals surface area contributed by atoms with Crippen molar-refractivity contribution in [1.29, 1.82) is 0 Å². The van der Waals surface area contributed by atoms with Crippen LogP contribution in [-0.4, -0.2) is 47.3 Å². The fourth-order valence-electron chi connectivity index (χ4n) is 5.47. The van der Waals surface area contributed by atoms with E-state index in [1.807, 2.05) is 0 Å². The van der Waals surface area contributed by atoms with Crippen LogP contribution in [-0.2, 0) is 9.59 Å². The standard InChI is InChI=1S/C27H22F5N5O2/c1-13-23-16(3-2-8-33-23)22-19(9-20(35-25(22)30)36-10-17-18(11-36)27(17,31)32)37(26(13)39)12-21(38)34-15-6-4-14(5-7-15)24(28)29/h2-9,13,17-18,24H,10-12H2,1H3,(H,34,38). The molecule has 1 aromatic carbocycles. The van der Waals surface area contributed by atoms with E-state index >= 15 is 4.39 Å². The minimum Gasteiger partial charge on any atom is -0.355 e. The quantitative estimate of drug-likeness (QED) is 0.362. The van der Waals surface area contributed by atoms with Crippen molar-refractivity contribution in [2.24, 2.45) is 11.8 Å². The van der Waals surface area contributed by atoms with E-state index in [0.29, 0.717) is 11.3 Å². The number of anilines is 3. The first-order valence-electron chi connectivity index (χ1n) is 12.3. The Morgan fingerprint density at radius 3 is 2.51 bits per heavy atom. The zero-order valence-electron chi connectivity index (χ0n) is 20.5. The van der Waals surface area contributed by atoms with E-state index in [9.17, 15) is 27.2 Å². The van der Waals surface area contributed by atoms with Crippen LogP contribution in [0.2, 0.25) is 0 Å². The van der Waals surface area contributed by atoms with Gasteiger partial charge in [0.15, 0.2) is 0 Å². The summed E-state index contributed by atoms with van der Waals surface area (Å²) in [5, 5.41) is 2.57. The van der Waals surface area contributed by atoms with E-state index in [0.717, 1.165) is 4.90 Å². The van der Waals surface area contributed by atoms with Gasteiger partial charge in [-0.1, -0.05) is 18.2 Å². The molecule has 1 N–H and O–H groups in total. The maximum absolute atomic E-state index is 15.7. The third-order valence-corrected chi connectivity index (χ3v) is 7.66. The number of benzene rings is 1. The van der Waals surface area contributed by atoms with E-state index in [-0.39, 0.29) is 41.4 Å². The molecule has 2 fully saturated rings. The lowest BCUT2D eigenvalue weighted by molar-refractivity contribution is -0.122. The minimum atomic E-state index is -2.74. The molecule has 1 saturated heterocycles. The summed E-state index contributed by atoms with van der Waals surface area (Å²) >= 11 is 0. The first-order chi connectivity index (χ1) is 18.6. The van der Waals surface area contributed by atoms with Crippen LogP contribution in [0.25, 0.3) is 11.1 Å². The van der Waals surface area contributed by atoms with Gasteiger partial charge >= 0.3 is 0 Å². The lowest BCUT2D eigenvalue weighted by Crippen LogP contribution is -2.40.